The third kappa shape index (κ3) is 6.73. The van der Waals surface area contributed by atoms with Crippen LogP contribution in [0.1, 0.15) is 32.8 Å². The summed E-state index contributed by atoms with van der Waals surface area (Å²) >= 11 is 0. The number of hydrogen-bond donors (Lipinski definition) is 2. The van der Waals surface area contributed by atoms with Crippen LogP contribution in [0.5, 0.6) is 11.5 Å². The summed E-state index contributed by atoms with van der Waals surface area (Å²) in [4.78, 5) is 22.3. The van der Waals surface area contributed by atoms with Crippen LogP contribution in [0.15, 0.2) is 24.3 Å². The molecular weight excluding hydrogens is 310 g/mol. The maximum atomic E-state index is 11.6. The summed E-state index contributed by atoms with van der Waals surface area (Å²) in [5, 5.41) is 11.1. The highest BCUT2D eigenvalue weighted by Gasteiger charge is 2.12. The standard InChI is InChI=1S/C18H25NO5/c1-12(2)9-10-24-15-7-5-14(11-16(15)23-4)6-8-17(20)19-13(3)18(21)22/h5-8,11-13H,9-10H2,1-4H3,(H,19,20)(H,21,22)/b8-6+. The molecule has 1 amide bonds. The van der Waals surface area contributed by atoms with E-state index in [9.17, 15) is 9.59 Å². The Morgan fingerprint density at radius 2 is 1.96 bits per heavy atom. The van der Waals surface area contributed by atoms with Gasteiger partial charge in [0.2, 0.25) is 5.91 Å². The van der Waals surface area contributed by atoms with Crippen LogP contribution in [0.25, 0.3) is 6.08 Å². The molecule has 6 heteroatoms. The number of ether oxygens (including phenoxy) is 2. The smallest absolute Gasteiger partial charge is 0.325 e. The number of carbonyl (C=O) groups is 2. The van der Waals surface area contributed by atoms with Crippen LogP contribution < -0.4 is 14.8 Å². The van der Waals surface area contributed by atoms with Gasteiger partial charge in [-0.2, -0.15) is 0 Å². The van der Waals surface area contributed by atoms with Crippen molar-refractivity contribution in [3.63, 3.8) is 0 Å². The molecule has 1 rings (SSSR count). The molecule has 132 valence electrons. The van der Waals surface area contributed by atoms with Crippen LogP contribution in [-0.4, -0.2) is 36.7 Å². The van der Waals surface area contributed by atoms with Gasteiger partial charge >= 0.3 is 5.97 Å². The summed E-state index contributed by atoms with van der Waals surface area (Å²) in [5.74, 6) is 0.242. The van der Waals surface area contributed by atoms with Crippen molar-refractivity contribution in [2.24, 2.45) is 5.92 Å². The molecule has 0 aliphatic heterocycles. The van der Waals surface area contributed by atoms with E-state index < -0.39 is 17.9 Å². The van der Waals surface area contributed by atoms with E-state index in [4.69, 9.17) is 14.6 Å². The lowest BCUT2D eigenvalue weighted by molar-refractivity contribution is -0.140. The van der Waals surface area contributed by atoms with Crippen LogP contribution >= 0.6 is 0 Å². The van der Waals surface area contributed by atoms with Crippen molar-refractivity contribution in [1.29, 1.82) is 0 Å². The highest BCUT2D eigenvalue weighted by atomic mass is 16.5. The Morgan fingerprint density at radius 3 is 2.54 bits per heavy atom. The quantitative estimate of drug-likeness (QED) is 0.678. The van der Waals surface area contributed by atoms with Gasteiger partial charge in [-0.05, 0) is 43.0 Å². The van der Waals surface area contributed by atoms with E-state index in [0.29, 0.717) is 24.0 Å². The minimum Gasteiger partial charge on any atom is -0.493 e. The molecule has 0 bridgehead atoms. The van der Waals surface area contributed by atoms with Gasteiger partial charge in [0.15, 0.2) is 11.5 Å². The Bertz CT molecular complexity index is 595. The zero-order valence-electron chi connectivity index (χ0n) is 14.5. The van der Waals surface area contributed by atoms with Crippen molar-refractivity contribution < 1.29 is 24.2 Å². The first-order valence-corrected chi connectivity index (χ1v) is 7.85. The number of carboxylic acids is 1. The fourth-order valence-corrected chi connectivity index (χ4v) is 1.81. The highest BCUT2D eigenvalue weighted by molar-refractivity contribution is 5.94. The third-order valence-corrected chi connectivity index (χ3v) is 3.30. The SMILES string of the molecule is COc1cc(/C=C/C(=O)NC(C)C(=O)O)ccc1OCCC(C)C. The highest BCUT2D eigenvalue weighted by Crippen LogP contribution is 2.28. The Hall–Kier alpha value is -2.50. The molecule has 0 radical (unpaired) electrons. The fraction of sp³-hybridized carbons (Fsp3) is 0.444. The summed E-state index contributed by atoms with van der Waals surface area (Å²) in [6, 6.07) is 4.41. The minimum absolute atomic E-state index is 0.471. The van der Waals surface area contributed by atoms with Crippen LogP contribution in [0.4, 0.5) is 0 Å². The maximum absolute atomic E-state index is 11.6. The van der Waals surface area contributed by atoms with E-state index in [1.807, 2.05) is 0 Å². The number of benzene rings is 1. The fourth-order valence-electron chi connectivity index (χ4n) is 1.81. The van der Waals surface area contributed by atoms with Crippen molar-refractivity contribution in [3.8, 4) is 11.5 Å². The van der Waals surface area contributed by atoms with Crippen LogP contribution in [0.2, 0.25) is 0 Å². The van der Waals surface area contributed by atoms with Crippen molar-refractivity contribution >= 4 is 18.0 Å². The van der Waals surface area contributed by atoms with Gasteiger partial charge in [-0.15, -0.1) is 0 Å². The van der Waals surface area contributed by atoms with E-state index in [2.05, 4.69) is 19.2 Å². The van der Waals surface area contributed by atoms with Crippen LogP contribution in [-0.2, 0) is 9.59 Å². The Balaban J connectivity index is 2.71. The number of methoxy groups -OCH3 is 1. The molecular formula is C18H25NO5. The van der Waals surface area contributed by atoms with Gasteiger partial charge in [-0.25, -0.2) is 0 Å². The average molecular weight is 335 g/mol. The summed E-state index contributed by atoms with van der Waals surface area (Å²) in [5.41, 5.74) is 0.751. The summed E-state index contributed by atoms with van der Waals surface area (Å²) < 4.78 is 11.0. The number of carboxylic acid groups (broad SMARTS) is 1. The van der Waals surface area contributed by atoms with E-state index in [1.165, 1.54) is 13.0 Å². The number of hydrogen-bond acceptors (Lipinski definition) is 4. The van der Waals surface area contributed by atoms with Gasteiger partial charge < -0.3 is 19.9 Å². The minimum atomic E-state index is -1.08. The zero-order valence-corrected chi connectivity index (χ0v) is 14.5. The Kier molecular flexibility index (Phi) is 7.82. The molecule has 0 fully saturated rings. The van der Waals surface area contributed by atoms with Gasteiger partial charge in [-0.1, -0.05) is 19.9 Å². The normalized spacial score (nSPS) is 12.2. The largest absolute Gasteiger partial charge is 0.493 e. The predicted octanol–water partition coefficient (Wildman–Crippen LogP) is 2.72. The lowest BCUT2D eigenvalue weighted by atomic mass is 10.1. The van der Waals surface area contributed by atoms with Gasteiger partial charge in [0, 0.05) is 6.08 Å². The summed E-state index contributed by atoms with van der Waals surface area (Å²) in [6.07, 6.45) is 3.82. The van der Waals surface area contributed by atoms with Gasteiger partial charge in [0.25, 0.3) is 0 Å². The first-order valence-electron chi connectivity index (χ1n) is 7.85. The number of aliphatic carboxylic acids is 1. The first-order chi connectivity index (χ1) is 11.3. The van der Waals surface area contributed by atoms with Crippen molar-refractivity contribution in [1.82, 2.24) is 5.32 Å². The van der Waals surface area contributed by atoms with E-state index in [1.54, 1.807) is 31.4 Å². The third-order valence-electron chi connectivity index (χ3n) is 3.30. The average Bonchev–Trinajstić information content (AvgIpc) is 2.53. The molecule has 24 heavy (non-hydrogen) atoms. The zero-order chi connectivity index (χ0) is 18.1. The molecule has 0 aliphatic carbocycles. The van der Waals surface area contributed by atoms with E-state index in [0.717, 1.165) is 12.0 Å². The van der Waals surface area contributed by atoms with Crippen molar-refractivity contribution in [3.05, 3.63) is 29.8 Å². The monoisotopic (exact) mass is 335 g/mol. The Labute approximate surface area is 142 Å². The molecule has 0 aliphatic rings. The Morgan fingerprint density at radius 1 is 1.25 bits per heavy atom. The molecule has 6 nitrogen and oxygen atoms in total. The molecule has 1 aromatic carbocycles. The molecule has 0 spiro atoms. The van der Waals surface area contributed by atoms with Gasteiger partial charge in [-0.3, -0.25) is 9.59 Å². The molecule has 0 aromatic heterocycles. The van der Waals surface area contributed by atoms with E-state index in [-0.39, 0.29) is 0 Å². The molecule has 0 saturated heterocycles. The van der Waals surface area contributed by atoms with Crippen LogP contribution in [0, 0.1) is 5.92 Å². The second kappa shape index (κ2) is 9.60. The number of carbonyl (C=O) groups excluding carboxylic acids is 1. The summed E-state index contributed by atoms with van der Waals surface area (Å²) in [7, 11) is 1.55. The number of amides is 1. The first kappa shape index (κ1) is 19.5. The lowest BCUT2D eigenvalue weighted by Crippen LogP contribution is -2.37. The summed E-state index contributed by atoms with van der Waals surface area (Å²) in [6.45, 7) is 6.27. The van der Waals surface area contributed by atoms with Gasteiger partial charge in [0.05, 0.1) is 13.7 Å². The van der Waals surface area contributed by atoms with Crippen molar-refractivity contribution in [2.45, 2.75) is 33.2 Å². The maximum Gasteiger partial charge on any atom is 0.325 e. The second-order valence-electron chi connectivity index (χ2n) is 5.84. The lowest BCUT2D eigenvalue weighted by Gasteiger charge is -2.12. The molecule has 0 saturated carbocycles. The molecule has 1 unspecified atom stereocenters. The molecule has 1 atom stereocenters. The van der Waals surface area contributed by atoms with Gasteiger partial charge in [0.1, 0.15) is 6.04 Å². The second-order valence-corrected chi connectivity index (χ2v) is 5.84. The van der Waals surface area contributed by atoms with Crippen LogP contribution in [0.3, 0.4) is 0 Å². The predicted molar refractivity (Wildman–Crippen MR) is 92.2 cm³/mol. The number of nitrogens with one attached hydrogen (secondary N) is 1. The topological polar surface area (TPSA) is 84.9 Å². The molecule has 1 aromatic rings. The molecule has 2 N–H and O–H groups in total. The van der Waals surface area contributed by atoms with E-state index >= 15 is 0 Å². The molecule has 0 heterocycles. The van der Waals surface area contributed by atoms with Crippen molar-refractivity contribution in [2.75, 3.05) is 13.7 Å². The number of rotatable bonds is 9.